The van der Waals surface area contributed by atoms with Gasteiger partial charge in [0.25, 0.3) is 11.8 Å². The highest BCUT2D eigenvalue weighted by molar-refractivity contribution is 6.30. The molecule has 290 valence electrons. The van der Waals surface area contributed by atoms with Crippen molar-refractivity contribution in [3.05, 3.63) is 164 Å². The highest BCUT2D eigenvalue weighted by Gasteiger charge is 2.40. The van der Waals surface area contributed by atoms with Crippen LogP contribution < -0.4 is 5.32 Å². The molecule has 2 amide bonds. The second kappa shape index (κ2) is 14.7. The minimum atomic E-state index is -5.13. The molecule has 0 radical (unpaired) electrons. The van der Waals surface area contributed by atoms with Gasteiger partial charge in [0, 0.05) is 52.1 Å². The number of halogens is 7. The summed E-state index contributed by atoms with van der Waals surface area (Å²) in [7, 11) is 0. The fourth-order valence-electron chi connectivity index (χ4n) is 8.31. The Balaban J connectivity index is 1.15. The van der Waals surface area contributed by atoms with Crippen LogP contribution in [0.5, 0.6) is 0 Å². The molecule has 0 saturated carbocycles. The van der Waals surface area contributed by atoms with Crippen LogP contribution in [-0.2, 0) is 31.6 Å². The number of benzene rings is 6. The average molecular weight is 799 g/mol. The van der Waals surface area contributed by atoms with Crippen molar-refractivity contribution in [1.29, 1.82) is 0 Å². The number of likely N-dealkylation sites (tertiary alicyclic amines) is 1. The van der Waals surface area contributed by atoms with E-state index >= 15 is 0 Å². The van der Waals surface area contributed by atoms with Crippen molar-refractivity contribution in [2.24, 2.45) is 0 Å². The summed E-state index contributed by atoms with van der Waals surface area (Å²) in [6, 6.07) is 27.4. The number of hydrogen-bond acceptors (Lipinski definition) is 3. The number of amides is 2. The lowest BCUT2D eigenvalue weighted by molar-refractivity contribution is -0.143. The highest BCUT2D eigenvalue weighted by Crippen LogP contribution is 2.40. The predicted octanol–water partition coefficient (Wildman–Crippen LogP) is 10.7. The molecule has 0 aromatic heterocycles. The Morgan fingerprint density at radius 2 is 1.47 bits per heavy atom. The molecule has 6 aromatic carbocycles. The van der Waals surface area contributed by atoms with Crippen LogP contribution in [0.15, 0.2) is 109 Å². The molecular weight excluding hydrogens is 766 g/mol. The zero-order valence-corrected chi connectivity index (χ0v) is 30.9. The molecule has 1 heterocycles. The van der Waals surface area contributed by atoms with Crippen molar-refractivity contribution in [2.45, 2.75) is 56.5 Å². The van der Waals surface area contributed by atoms with Crippen molar-refractivity contribution in [1.82, 2.24) is 10.2 Å². The lowest BCUT2D eigenvalue weighted by Gasteiger charge is -2.40. The van der Waals surface area contributed by atoms with Gasteiger partial charge in [-0.25, -0.2) is 0 Å². The van der Waals surface area contributed by atoms with Crippen LogP contribution in [0.25, 0.3) is 21.5 Å². The lowest BCUT2D eigenvalue weighted by Crippen LogP contribution is -2.53. The molecule has 2 atom stereocenters. The number of nitrogens with zero attached hydrogens (tertiary/aromatic N) is 1. The fraction of sp³-hybridized carbons (Fsp3) is 0.222. The molecule has 0 spiro atoms. The van der Waals surface area contributed by atoms with Gasteiger partial charge < -0.3 is 10.2 Å². The number of nitrogens with one attached hydrogen (secondary N) is 1. The number of ketones is 1. The maximum Gasteiger partial charge on any atom is 0.416 e. The van der Waals surface area contributed by atoms with E-state index in [4.69, 9.17) is 11.6 Å². The van der Waals surface area contributed by atoms with E-state index in [0.29, 0.717) is 34.7 Å². The normalized spacial score (nSPS) is 17.0. The van der Waals surface area contributed by atoms with Crippen molar-refractivity contribution >= 4 is 50.7 Å². The molecule has 2 aliphatic rings. The smallest absolute Gasteiger partial charge is 0.349 e. The molecule has 1 saturated heterocycles. The van der Waals surface area contributed by atoms with Crippen LogP contribution in [0.3, 0.4) is 0 Å². The number of carbonyl (C=O) groups excluding carboxylic acids is 3. The first-order valence-electron chi connectivity index (χ1n) is 18.4. The first-order chi connectivity index (χ1) is 27.1. The topological polar surface area (TPSA) is 66.5 Å². The summed E-state index contributed by atoms with van der Waals surface area (Å²) < 4.78 is 82.6. The van der Waals surface area contributed by atoms with Crippen molar-refractivity contribution < 1.29 is 40.7 Å². The van der Waals surface area contributed by atoms with Gasteiger partial charge in [0.05, 0.1) is 11.1 Å². The van der Waals surface area contributed by atoms with E-state index in [2.05, 4.69) is 5.32 Å². The Labute approximate surface area is 328 Å². The molecule has 1 aliphatic carbocycles. The first-order valence-corrected chi connectivity index (χ1v) is 18.7. The van der Waals surface area contributed by atoms with Crippen LogP contribution >= 0.6 is 11.6 Å². The van der Waals surface area contributed by atoms with Gasteiger partial charge >= 0.3 is 12.4 Å². The van der Waals surface area contributed by atoms with Gasteiger partial charge in [0.2, 0.25) is 0 Å². The summed E-state index contributed by atoms with van der Waals surface area (Å²) in [5, 5.41) is 7.14. The quantitative estimate of drug-likeness (QED) is 0.129. The molecule has 8 rings (SSSR count). The van der Waals surface area contributed by atoms with E-state index in [1.165, 1.54) is 4.90 Å². The third-order valence-corrected chi connectivity index (χ3v) is 11.2. The number of hydrogen-bond donors (Lipinski definition) is 1. The van der Waals surface area contributed by atoms with Gasteiger partial charge in [-0.1, -0.05) is 84.4 Å². The molecular formula is C45H33ClF6N2O3. The van der Waals surface area contributed by atoms with Crippen LogP contribution in [0.1, 0.15) is 77.3 Å². The Morgan fingerprint density at radius 3 is 2.16 bits per heavy atom. The summed E-state index contributed by atoms with van der Waals surface area (Å²) in [5.74, 6) is -1.53. The Morgan fingerprint density at radius 1 is 0.772 bits per heavy atom. The molecule has 6 aromatic rings. The zero-order chi connectivity index (χ0) is 40.2. The number of rotatable bonds is 7. The average Bonchev–Trinajstić information content (AvgIpc) is 3.18. The Hall–Kier alpha value is -5.68. The van der Waals surface area contributed by atoms with Crippen LogP contribution in [-0.4, -0.2) is 41.1 Å². The van der Waals surface area contributed by atoms with E-state index in [1.807, 2.05) is 60.7 Å². The summed E-state index contributed by atoms with van der Waals surface area (Å²) in [6.07, 6.45) is -9.17. The van der Waals surface area contributed by atoms with E-state index in [0.717, 1.165) is 43.8 Å². The van der Waals surface area contributed by atoms with Gasteiger partial charge in [0.15, 0.2) is 5.78 Å². The van der Waals surface area contributed by atoms with Crippen molar-refractivity contribution in [2.75, 3.05) is 6.54 Å². The molecule has 5 nitrogen and oxygen atoms in total. The highest BCUT2D eigenvalue weighted by atomic mass is 35.5. The predicted molar refractivity (Wildman–Crippen MR) is 206 cm³/mol. The molecule has 12 heteroatoms. The second-order valence-electron chi connectivity index (χ2n) is 14.7. The van der Waals surface area contributed by atoms with Gasteiger partial charge in [-0.3, -0.25) is 14.4 Å². The van der Waals surface area contributed by atoms with Crippen molar-refractivity contribution in [3.63, 3.8) is 0 Å². The van der Waals surface area contributed by atoms with Gasteiger partial charge in [-0.2, -0.15) is 26.3 Å². The van der Waals surface area contributed by atoms with E-state index < -0.39 is 52.9 Å². The van der Waals surface area contributed by atoms with Crippen LogP contribution in [0.2, 0.25) is 5.02 Å². The Bertz CT molecular complexity index is 2540. The summed E-state index contributed by atoms with van der Waals surface area (Å²) in [5.41, 5.74) is 0.207. The second-order valence-corrected chi connectivity index (χ2v) is 15.1. The zero-order valence-electron chi connectivity index (χ0n) is 30.1. The number of alkyl halides is 6. The minimum Gasteiger partial charge on any atom is -0.349 e. The monoisotopic (exact) mass is 798 g/mol. The SMILES string of the molecule is O=C(NC1CCN(C(=O)c2cc(C(F)(F)F)cc(C(F)(F)F)c2)C(Cc2ccc(Cl)cc2)C1)c1cc2c3c(ccc4cccc(c43)CC2=O)c1Cc1ccccc1. The van der Waals surface area contributed by atoms with E-state index in [-0.39, 0.29) is 44.1 Å². The molecule has 1 fully saturated rings. The van der Waals surface area contributed by atoms with Gasteiger partial charge in [-0.05, 0) is 100 Å². The first kappa shape index (κ1) is 38.2. The Kier molecular flexibility index (Phi) is 9.84. The molecule has 1 aliphatic heterocycles. The minimum absolute atomic E-state index is 0.00823. The maximum absolute atomic E-state index is 14.5. The van der Waals surface area contributed by atoms with E-state index in [9.17, 15) is 40.7 Å². The number of carbonyl (C=O) groups is 3. The molecule has 1 N–H and O–H groups in total. The summed E-state index contributed by atoms with van der Waals surface area (Å²) in [4.78, 5) is 43.4. The fourth-order valence-corrected chi connectivity index (χ4v) is 8.43. The summed E-state index contributed by atoms with van der Waals surface area (Å²) >= 11 is 6.10. The molecule has 2 unspecified atom stereocenters. The number of Topliss-reactive ketones (excluding diaryl/α,β-unsaturated/α-hetero) is 1. The largest absolute Gasteiger partial charge is 0.416 e. The van der Waals surface area contributed by atoms with Gasteiger partial charge in [-0.15, -0.1) is 0 Å². The number of piperidine rings is 1. The lowest BCUT2D eigenvalue weighted by atomic mass is 9.81. The maximum atomic E-state index is 14.5. The molecule has 0 bridgehead atoms. The van der Waals surface area contributed by atoms with E-state index in [1.54, 1.807) is 30.3 Å². The third kappa shape index (κ3) is 7.60. The molecule has 57 heavy (non-hydrogen) atoms. The van der Waals surface area contributed by atoms with Crippen LogP contribution in [0.4, 0.5) is 26.3 Å². The van der Waals surface area contributed by atoms with Gasteiger partial charge in [0.1, 0.15) is 0 Å². The van der Waals surface area contributed by atoms with Crippen molar-refractivity contribution in [3.8, 4) is 0 Å². The van der Waals surface area contributed by atoms with Crippen LogP contribution in [0, 0.1) is 0 Å². The third-order valence-electron chi connectivity index (χ3n) is 11.0. The summed E-state index contributed by atoms with van der Waals surface area (Å²) in [6.45, 7) is -0.0628. The standard InChI is InChI=1S/C45H33ClF6N2O3/c46-32-12-9-26(10-13-32)17-34-23-33(15-16-54(34)43(57)29-19-30(44(47,48)49)22-31(20-29)45(50,51)52)53-42(56)37-24-38-39(55)21-28-8-4-7-27-11-14-35(41(38)40(27)28)36(37)18-25-5-2-1-3-6-25/h1-14,19-20,22,24,33-34H,15-18,21,23H2,(H,53,56).